The number of nitrogens with zero attached hydrogens (tertiary/aromatic N) is 1. The Morgan fingerprint density at radius 2 is 2.50 bits per heavy atom. The smallest absolute Gasteiger partial charge is 0.265 e. The highest BCUT2D eigenvalue weighted by molar-refractivity contribution is 7.13. The predicted octanol–water partition coefficient (Wildman–Crippen LogP) is 2.31. The van der Waals surface area contributed by atoms with E-state index in [1.165, 1.54) is 11.3 Å². The van der Waals surface area contributed by atoms with Gasteiger partial charge in [-0.1, -0.05) is 11.6 Å². The van der Waals surface area contributed by atoms with Crippen molar-refractivity contribution in [2.24, 2.45) is 0 Å². The van der Waals surface area contributed by atoms with E-state index in [0.717, 1.165) is 24.9 Å². The van der Waals surface area contributed by atoms with Crippen LogP contribution in [0.5, 0.6) is 0 Å². The topological polar surface area (TPSA) is 40.5 Å². The summed E-state index contributed by atoms with van der Waals surface area (Å²) in [6.07, 6.45) is 1.84. The SMILES string of the molecule is Cc1csc(C(=O)N2CCC[C@H]2CO)c1Cl. The maximum Gasteiger partial charge on any atom is 0.265 e. The fraction of sp³-hybridized carbons (Fsp3) is 0.545. The van der Waals surface area contributed by atoms with Crippen molar-refractivity contribution in [1.29, 1.82) is 0 Å². The highest BCUT2D eigenvalue weighted by Crippen LogP contribution is 2.30. The summed E-state index contributed by atoms with van der Waals surface area (Å²) in [6.45, 7) is 2.65. The van der Waals surface area contributed by atoms with Gasteiger partial charge in [-0.3, -0.25) is 4.79 Å². The number of aliphatic hydroxyl groups excluding tert-OH is 1. The molecule has 2 heterocycles. The van der Waals surface area contributed by atoms with Gasteiger partial charge in [0, 0.05) is 6.54 Å². The molecule has 0 spiro atoms. The van der Waals surface area contributed by atoms with Crippen molar-refractivity contribution in [3.05, 3.63) is 20.8 Å². The van der Waals surface area contributed by atoms with E-state index in [0.29, 0.717) is 9.90 Å². The average Bonchev–Trinajstić information content (AvgIpc) is 2.86. The standard InChI is InChI=1S/C11H14ClNO2S/c1-7-6-16-10(9(7)12)11(15)13-4-2-3-8(13)5-14/h6,8,14H,2-5H2,1H3/t8-/m0/s1. The normalized spacial score (nSPS) is 20.4. The molecule has 0 aromatic carbocycles. The van der Waals surface area contributed by atoms with Crippen molar-refractivity contribution < 1.29 is 9.90 Å². The Morgan fingerprint density at radius 3 is 3.06 bits per heavy atom. The van der Waals surface area contributed by atoms with Gasteiger partial charge in [0.05, 0.1) is 17.7 Å². The van der Waals surface area contributed by atoms with Crippen molar-refractivity contribution in [2.45, 2.75) is 25.8 Å². The molecule has 1 N–H and O–H groups in total. The van der Waals surface area contributed by atoms with Crippen LogP contribution in [0.2, 0.25) is 5.02 Å². The summed E-state index contributed by atoms with van der Waals surface area (Å²) < 4.78 is 0. The van der Waals surface area contributed by atoms with Crippen molar-refractivity contribution in [3.8, 4) is 0 Å². The number of thiophene rings is 1. The lowest BCUT2D eigenvalue weighted by Gasteiger charge is -2.22. The van der Waals surface area contributed by atoms with E-state index in [2.05, 4.69) is 0 Å². The summed E-state index contributed by atoms with van der Waals surface area (Å²) in [7, 11) is 0. The third-order valence-corrected chi connectivity index (χ3v) is 4.63. The number of aliphatic hydroxyl groups is 1. The van der Waals surface area contributed by atoms with Crippen LogP contribution < -0.4 is 0 Å². The zero-order valence-electron chi connectivity index (χ0n) is 9.07. The molecule has 1 atom stereocenters. The van der Waals surface area contributed by atoms with Crippen LogP contribution in [0.15, 0.2) is 5.38 Å². The van der Waals surface area contributed by atoms with Gasteiger partial charge in [-0.15, -0.1) is 11.3 Å². The van der Waals surface area contributed by atoms with Gasteiger partial charge >= 0.3 is 0 Å². The molecule has 0 radical (unpaired) electrons. The van der Waals surface area contributed by atoms with Crippen molar-refractivity contribution in [3.63, 3.8) is 0 Å². The molecule has 0 aliphatic carbocycles. The van der Waals surface area contributed by atoms with E-state index in [1.54, 1.807) is 4.90 Å². The lowest BCUT2D eigenvalue weighted by Crippen LogP contribution is -2.37. The molecule has 1 aromatic rings. The van der Waals surface area contributed by atoms with E-state index in [-0.39, 0.29) is 18.6 Å². The largest absolute Gasteiger partial charge is 0.394 e. The van der Waals surface area contributed by atoms with Crippen LogP contribution in [0.25, 0.3) is 0 Å². The molecule has 0 saturated carbocycles. The van der Waals surface area contributed by atoms with Crippen LogP contribution in [0.3, 0.4) is 0 Å². The number of likely N-dealkylation sites (tertiary alicyclic amines) is 1. The van der Waals surface area contributed by atoms with E-state index < -0.39 is 0 Å². The molecular formula is C11H14ClNO2S. The van der Waals surface area contributed by atoms with Gasteiger partial charge in [0.2, 0.25) is 0 Å². The predicted molar refractivity (Wildman–Crippen MR) is 65.2 cm³/mol. The molecule has 0 bridgehead atoms. The van der Waals surface area contributed by atoms with Gasteiger partial charge in [-0.2, -0.15) is 0 Å². The first-order valence-electron chi connectivity index (χ1n) is 5.30. The monoisotopic (exact) mass is 259 g/mol. The minimum absolute atomic E-state index is 0.0354. The molecule has 1 aliphatic rings. The second-order valence-corrected chi connectivity index (χ2v) is 5.30. The van der Waals surface area contributed by atoms with Crippen LogP contribution in [0, 0.1) is 6.92 Å². The average molecular weight is 260 g/mol. The molecular weight excluding hydrogens is 246 g/mol. The van der Waals surface area contributed by atoms with Crippen molar-refractivity contribution in [2.75, 3.05) is 13.2 Å². The zero-order chi connectivity index (χ0) is 11.7. The first-order valence-corrected chi connectivity index (χ1v) is 6.56. The van der Waals surface area contributed by atoms with Gasteiger partial charge in [-0.05, 0) is 30.7 Å². The number of hydrogen-bond acceptors (Lipinski definition) is 3. The Morgan fingerprint density at radius 1 is 1.75 bits per heavy atom. The number of aryl methyl sites for hydroxylation is 1. The molecule has 3 nitrogen and oxygen atoms in total. The number of carbonyl (C=O) groups excluding carboxylic acids is 1. The second-order valence-electron chi connectivity index (χ2n) is 4.04. The lowest BCUT2D eigenvalue weighted by molar-refractivity contribution is 0.0682. The zero-order valence-corrected chi connectivity index (χ0v) is 10.6. The van der Waals surface area contributed by atoms with Crippen LogP contribution in [0.1, 0.15) is 28.1 Å². The highest BCUT2D eigenvalue weighted by Gasteiger charge is 2.30. The minimum atomic E-state index is -0.0420. The Balaban J connectivity index is 2.22. The number of rotatable bonds is 2. The van der Waals surface area contributed by atoms with Crippen LogP contribution in [-0.4, -0.2) is 35.1 Å². The summed E-state index contributed by atoms with van der Waals surface area (Å²) in [5, 5.41) is 11.6. The molecule has 5 heteroatoms. The summed E-state index contributed by atoms with van der Waals surface area (Å²) in [5.41, 5.74) is 0.940. The molecule has 1 amide bonds. The van der Waals surface area contributed by atoms with Crippen LogP contribution >= 0.6 is 22.9 Å². The van der Waals surface area contributed by atoms with E-state index in [9.17, 15) is 9.90 Å². The van der Waals surface area contributed by atoms with E-state index in [1.807, 2.05) is 12.3 Å². The quantitative estimate of drug-likeness (QED) is 0.886. The number of halogens is 1. The Bertz CT molecular complexity index is 405. The molecule has 16 heavy (non-hydrogen) atoms. The number of amides is 1. The third-order valence-electron chi connectivity index (χ3n) is 2.94. The molecule has 1 aromatic heterocycles. The Kier molecular flexibility index (Phi) is 3.52. The minimum Gasteiger partial charge on any atom is -0.394 e. The summed E-state index contributed by atoms with van der Waals surface area (Å²) in [6, 6.07) is -0.0361. The van der Waals surface area contributed by atoms with Gasteiger partial charge < -0.3 is 10.0 Å². The maximum atomic E-state index is 12.2. The first kappa shape index (κ1) is 11.9. The summed E-state index contributed by atoms with van der Waals surface area (Å²) in [5.74, 6) is -0.0420. The molecule has 1 fully saturated rings. The number of hydrogen-bond donors (Lipinski definition) is 1. The summed E-state index contributed by atoms with van der Waals surface area (Å²) in [4.78, 5) is 14.5. The van der Waals surface area contributed by atoms with Gasteiger partial charge in [0.15, 0.2) is 0 Å². The summed E-state index contributed by atoms with van der Waals surface area (Å²) >= 11 is 7.45. The Hall–Kier alpha value is -0.580. The van der Waals surface area contributed by atoms with Gasteiger partial charge in [0.25, 0.3) is 5.91 Å². The van der Waals surface area contributed by atoms with Crippen LogP contribution in [-0.2, 0) is 0 Å². The molecule has 1 aliphatic heterocycles. The van der Waals surface area contributed by atoms with Crippen LogP contribution in [0.4, 0.5) is 0 Å². The maximum absolute atomic E-state index is 12.2. The highest BCUT2D eigenvalue weighted by atomic mass is 35.5. The van der Waals surface area contributed by atoms with E-state index >= 15 is 0 Å². The third kappa shape index (κ3) is 1.97. The van der Waals surface area contributed by atoms with Gasteiger partial charge in [0.1, 0.15) is 4.88 Å². The molecule has 1 saturated heterocycles. The van der Waals surface area contributed by atoms with Gasteiger partial charge in [-0.25, -0.2) is 0 Å². The van der Waals surface area contributed by atoms with Crippen molar-refractivity contribution >= 4 is 28.8 Å². The van der Waals surface area contributed by atoms with E-state index in [4.69, 9.17) is 11.6 Å². The molecule has 0 unspecified atom stereocenters. The number of carbonyl (C=O) groups is 1. The van der Waals surface area contributed by atoms with Crippen molar-refractivity contribution in [1.82, 2.24) is 4.90 Å². The second kappa shape index (κ2) is 4.73. The fourth-order valence-electron chi connectivity index (χ4n) is 2.00. The lowest BCUT2D eigenvalue weighted by atomic mass is 10.2. The molecule has 2 rings (SSSR count). The molecule has 88 valence electrons. The fourth-order valence-corrected chi connectivity index (χ4v) is 3.23. The first-order chi connectivity index (χ1) is 7.65. The Labute approximate surface area is 104 Å².